The van der Waals surface area contributed by atoms with Crippen LogP contribution in [-0.2, 0) is 11.3 Å². The predicted octanol–water partition coefficient (Wildman–Crippen LogP) is 2.41. The molecular formula is C19H20N2O4. The van der Waals surface area contributed by atoms with Crippen LogP contribution in [0.3, 0.4) is 0 Å². The number of aliphatic imine (C=N–C) groups is 1. The summed E-state index contributed by atoms with van der Waals surface area (Å²) in [5.41, 5.74) is 2.69. The van der Waals surface area contributed by atoms with Crippen LogP contribution in [0.25, 0.3) is 0 Å². The van der Waals surface area contributed by atoms with Crippen molar-refractivity contribution in [2.75, 3.05) is 27.4 Å². The number of nitrogens with zero attached hydrogens (tertiary/aromatic N) is 1. The molecule has 1 aliphatic rings. The van der Waals surface area contributed by atoms with E-state index >= 15 is 0 Å². The highest BCUT2D eigenvalue weighted by Gasteiger charge is 2.15. The van der Waals surface area contributed by atoms with E-state index in [0.717, 1.165) is 11.4 Å². The zero-order chi connectivity index (χ0) is 17.6. The highest BCUT2D eigenvalue weighted by molar-refractivity contribution is 6.01. The van der Waals surface area contributed by atoms with Crippen molar-refractivity contribution >= 4 is 11.8 Å². The van der Waals surface area contributed by atoms with E-state index in [4.69, 9.17) is 14.2 Å². The number of amidine groups is 1. The predicted molar refractivity (Wildman–Crippen MR) is 94.5 cm³/mol. The van der Waals surface area contributed by atoms with Gasteiger partial charge in [0.15, 0.2) is 0 Å². The SMILES string of the molecule is COc1cc(OC)cc(C(=O)OCCNC2=NCc3ccccc32)c1. The van der Waals surface area contributed by atoms with E-state index in [2.05, 4.69) is 16.4 Å². The van der Waals surface area contributed by atoms with Gasteiger partial charge in [-0.2, -0.15) is 0 Å². The lowest BCUT2D eigenvalue weighted by atomic mass is 10.1. The second-order valence-corrected chi connectivity index (χ2v) is 5.49. The molecule has 2 aromatic rings. The summed E-state index contributed by atoms with van der Waals surface area (Å²) in [4.78, 5) is 16.6. The molecule has 0 saturated carbocycles. The van der Waals surface area contributed by atoms with Crippen molar-refractivity contribution in [3.8, 4) is 11.5 Å². The van der Waals surface area contributed by atoms with E-state index in [1.54, 1.807) is 18.2 Å². The molecule has 0 unspecified atom stereocenters. The molecule has 0 saturated heterocycles. The number of ether oxygens (including phenoxy) is 3. The van der Waals surface area contributed by atoms with Crippen LogP contribution < -0.4 is 14.8 Å². The molecule has 1 aliphatic heterocycles. The Labute approximate surface area is 146 Å². The summed E-state index contributed by atoms with van der Waals surface area (Å²) in [6.07, 6.45) is 0. The van der Waals surface area contributed by atoms with E-state index in [1.807, 2.05) is 18.2 Å². The third-order valence-corrected chi connectivity index (χ3v) is 3.89. The number of carbonyl (C=O) groups is 1. The molecule has 6 heteroatoms. The summed E-state index contributed by atoms with van der Waals surface area (Å²) in [6.45, 7) is 1.40. The molecule has 130 valence electrons. The number of methoxy groups -OCH3 is 2. The van der Waals surface area contributed by atoms with Crippen molar-refractivity contribution in [3.63, 3.8) is 0 Å². The Morgan fingerprint density at radius 1 is 1.12 bits per heavy atom. The number of fused-ring (bicyclic) bond motifs is 1. The van der Waals surface area contributed by atoms with Crippen LogP contribution in [-0.4, -0.2) is 39.2 Å². The number of hydrogen-bond acceptors (Lipinski definition) is 6. The van der Waals surface area contributed by atoms with Crippen LogP contribution in [0.2, 0.25) is 0 Å². The molecule has 0 radical (unpaired) electrons. The Kier molecular flexibility index (Phi) is 5.18. The first kappa shape index (κ1) is 16.8. The third kappa shape index (κ3) is 3.91. The molecular weight excluding hydrogens is 320 g/mol. The average Bonchev–Trinajstić information content (AvgIpc) is 3.07. The van der Waals surface area contributed by atoms with Crippen molar-refractivity contribution in [2.45, 2.75) is 6.54 Å². The number of rotatable bonds is 6. The second-order valence-electron chi connectivity index (χ2n) is 5.49. The van der Waals surface area contributed by atoms with Gasteiger partial charge in [-0.05, 0) is 17.7 Å². The van der Waals surface area contributed by atoms with Gasteiger partial charge in [0.25, 0.3) is 0 Å². The number of carbonyl (C=O) groups excluding carboxylic acids is 1. The molecule has 0 bridgehead atoms. The lowest BCUT2D eigenvalue weighted by Gasteiger charge is -2.10. The number of esters is 1. The van der Waals surface area contributed by atoms with E-state index in [-0.39, 0.29) is 6.61 Å². The summed E-state index contributed by atoms with van der Waals surface area (Å²) in [5.74, 6) is 1.50. The fourth-order valence-electron chi connectivity index (χ4n) is 2.61. The molecule has 0 fully saturated rings. The normalized spacial score (nSPS) is 12.2. The fraction of sp³-hybridized carbons (Fsp3) is 0.263. The monoisotopic (exact) mass is 340 g/mol. The van der Waals surface area contributed by atoms with Crippen LogP contribution in [0.1, 0.15) is 21.5 Å². The van der Waals surface area contributed by atoms with E-state index in [1.165, 1.54) is 19.8 Å². The summed E-state index contributed by atoms with van der Waals surface area (Å²) in [6, 6.07) is 13.0. The maximum Gasteiger partial charge on any atom is 0.338 e. The molecule has 2 aromatic carbocycles. The van der Waals surface area contributed by atoms with Crippen molar-refractivity contribution in [2.24, 2.45) is 4.99 Å². The van der Waals surface area contributed by atoms with Crippen molar-refractivity contribution in [1.82, 2.24) is 5.32 Å². The molecule has 0 aliphatic carbocycles. The van der Waals surface area contributed by atoms with Crippen molar-refractivity contribution < 1.29 is 19.0 Å². The minimum absolute atomic E-state index is 0.236. The lowest BCUT2D eigenvalue weighted by molar-refractivity contribution is 0.0512. The van der Waals surface area contributed by atoms with Gasteiger partial charge in [-0.25, -0.2) is 4.79 Å². The second kappa shape index (κ2) is 7.70. The molecule has 0 spiro atoms. The van der Waals surface area contributed by atoms with E-state index < -0.39 is 5.97 Å². The molecule has 3 rings (SSSR count). The summed E-state index contributed by atoms with van der Waals surface area (Å²) in [5, 5.41) is 3.21. The van der Waals surface area contributed by atoms with Gasteiger partial charge in [-0.3, -0.25) is 4.99 Å². The zero-order valence-corrected chi connectivity index (χ0v) is 14.2. The van der Waals surface area contributed by atoms with Gasteiger partial charge in [0.05, 0.1) is 32.9 Å². The standard InChI is InChI=1S/C19H20N2O4/c1-23-15-9-14(10-16(11-15)24-2)19(22)25-8-7-20-18-17-6-4-3-5-13(17)12-21-18/h3-6,9-11H,7-8,12H2,1-2H3,(H,20,21). The molecule has 1 N–H and O–H groups in total. The minimum atomic E-state index is -0.423. The van der Waals surface area contributed by atoms with Crippen LogP contribution in [0, 0.1) is 0 Å². The van der Waals surface area contributed by atoms with Gasteiger partial charge in [0, 0.05) is 11.6 Å². The zero-order valence-electron chi connectivity index (χ0n) is 14.2. The molecule has 0 atom stereocenters. The van der Waals surface area contributed by atoms with Gasteiger partial charge in [-0.15, -0.1) is 0 Å². The van der Waals surface area contributed by atoms with Gasteiger partial charge >= 0.3 is 5.97 Å². The van der Waals surface area contributed by atoms with Gasteiger partial charge < -0.3 is 19.5 Å². The number of hydrogen-bond donors (Lipinski definition) is 1. The van der Waals surface area contributed by atoms with Gasteiger partial charge in [0.2, 0.25) is 0 Å². The fourth-order valence-corrected chi connectivity index (χ4v) is 2.61. The van der Waals surface area contributed by atoms with Crippen molar-refractivity contribution in [3.05, 3.63) is 59.2 Å². The average molecular weight is 340 g/mol. The maximum atomic E-state index is 12.2. The first-order valence-electron chi connectivity index (χ1n) is 7.98. The Morgan fingerprint density at radius 2 is 1.84 bits per heavy atom. The van der Waals surface area contributed by atoms with E-state index in [0.29, 0.717) is 30.2 Å². The third-order valence-electron chi connectivity index (χ3n) is 3.89. The minimum Gasteiger partial charge on any atom is -0.497 e. The van der Waals surface area contributed by atoms with Gasteiger partial charge in [-0.1, -0.05) is 24.3 Å². The number of benzene rings is 2. The van der Waals surface area contributed by atoms with Crippen LogP contribution in [0.5, 0.6) is 11.5 Å². The topological polar surface area (TPSA) is 69.2 Å². The summed E-state index contributed by atoms with van der Waals surface area (Å²) < 4.78 is 15.6. The van der Waals surface area contributed by atoms with Crippen LogP contribution in [0.4, 0.5) is 0 Å². The summed E-state index contributed by atoms with van der Waals surface area (Å²) >= 11 is 0. The Morgan fingerprint density at radius 3 is 2.56 bits per heavy atom. The Balaban J connectivity index is 1.52. The highest BCUT2D eigenvalue weighted by Crippen LogP contribution is 2.23. The quantitative estimate of drug-likeness (QED) is 0.646. The van der Waals surface area contributed by atoms with E-state index in [9.17, 15) is 4.79 Å². The molecule has 25 heavy (non-hydrogen) atoms. The molecule has 0 aromatic heterocycles. The van der Waals surface area contributed by atoms with Gasteiger partial charge in [0.1, 0.15) is 23.9 Å². The van der Waals surface area contributed by atoms with Crippen LogP contribution >= 0.6 is 0 Å². The lowest BCUT2D eigenvalue weighted by Crippen LogP contribution is -2.28. The number of nitrogens with one attached hydrogen (secondary N) is 1. The maximum absolute atomic E-state index is 12.2. The van der Waals surface area contributed by atoms with Crippen molar-refractivity contribution in [1.29, 1.82) is 0 Å². The largest absolute Gasteiger partial charge is 0.497 e. The first-order chi connectivity index (χ1) is 12.2. The molecule has 1 heterocycles. The first-order valence-corrected chi connectivity index (χ1v) is 7.98. The Hall–Kier alpha value is -3.02. The Bertz CT molecular complexity index is 780. The molecule has 0 amide bonds. The highest BCUT2D eigenvalue weighted by atomic mass is 16.5. The summed E-state index contributed by atoms with van der Waals surface area (Å²) in [7, 11) is 3.07. The molecule has 6 nitrogen and oxygen atoms in total. The smallest absolute Gasteiger partial charge is 0.338 e. The van der Waals surface area contributed by atoms with Crippen LogP contribution in [0.15, 0.2) is 47.5 Å².